The van der Waals surface area contributed by atoms with Gasteiger partial charge in [0.1, 0.15) is 65.6 Å². The van der Waals surface area contributed by atoms with Gasteiger partial charge in [0.2, 0.25) is 0 Å². The van der Waals surface area contributed by atoms with Crippen molar-refractivity contribution in [1.82, 2.24) is 0 Å². The van der Waals surface area contributed by atoms with E-state index in [0.717, 1.165) is 0 Å². The number of ether oxygens (including phenoxy) is 12. The van der Waals surface area contributed by atoms with Crippen LogP contribution in [0.2, 0.25) is 39.3 Å². The van der Waals surface area contributed by atoms with Gasteiger partial charge in [-0.1, -0.05) is 63.0 Å². The quantitative estimate of drug-likeness (QED) is 0.0595. The highest BCUT2D eigenvalue weighted by atomic mass is 28.3. The van der Waals surface area contributed by atoms with Crippen LogP contribution in [0.1, 0.15) is 22.3 Å². The van der Waals surface area contributed by atoms with Crippen molar-refractivity contribution in [3.8, 4) is 57.8 Å². The second kappa shape index (κ2) is 29.6. The van der Waals surface area contributed by atoms with Crippen LogP contribution in [-0.4, -0.2) is 150 Å². The Balaban J connectivity index is 2.70. The second-order valence-electron chi connectivity index (χ2n) is 14.8. The smallest absolute Gasteiger partial charge is 0.136 e. The Morgan fingerprint density at radius 2 is 0.552 bits per heavy atom. The van der Waals surface area contributed by atoms with Gasteiger partial charge in [-0.2, -0.15) is 0 Å². The van der Waals surface area contributed by atoms with Crippen molar-refractivity contribution in [2.24, 2.45) is 0 Å². The van der Waals surface area contributed by atoms with Crippen LogP contribution in [0.4, 0.5) is 0 Å². The number of hydrogen-bond acceptors (Lipinski definition) is 12. The van der Waals surface area contributed by atoms with Crippen LogP contribution in [0.5, 0.6) is 23.0 Å². The maximum Gasteiger partial charge on any atom is 0.136 e. The molecular weight excluding hydrogens is 777 g/mol. The highest BCUT2D eigenvalue weighted by Gasteiger charge is 2.16. The molecule has 0 aromatic heterocycles. The normalized spacial score (nSPS) is 11.1. The molecule has 58 heavy (non-hydrogen) atoms. The van der Waals surface area contributed by atoms with Gasteiger partial charge in [-0.05, 0) is 0 Å². The van der Waals surface area contributed by atoms with E-state index >= 15 is 0 Å². The summed E-state index contributed by atoms with van der Waals surface area (Å²) in [5.41, 5.74) is 9.50. The highest BCUT2D eigenvalue weighted by molar-refractivity contribution is 6.84. The summed E-state index contributed by atoms with van der Waals surface area (Å²) in [6.07, 6.45) is 0. The summed E-state index contributed by atoms with van der Waals surface area (Å²) in [5.74, 6) is 15.7. The molecule has 0 unspecified atom stereocenters. The lowest BCUT2D eigenvalue weighted by Gasteiger charge is -2.15. The number of benzene rings is 2. The third-order valence-corrected chi connectivity index (χ3v) is 9.06. The molecule has 14 heteroatoms. The second-order valence-corrected chi connectivity index (χ2v) is 24.3. The molecule has 0 saturated carbocycles. The zero-order chi connectivity index (χ0) is 42.5. The van der Waals surface area contributed by atoms with Crippen molar-refractivity contribution in [2.45, 2.75) is 39.3 Å². The fourth-order valence-corrected chi connectivity index (χ4v) is 5.47. The standard InChI is InChI=1S/C44H66O12Si2/c1-45-15-19-49-23-27-53-41-35-39(13-31-57(5,6)7)43(55-29-25-51-21-17-47-3)33-37(41)11-12-38-34-44(56-30-26-52-22-18-48-4)40(14-32-58(8,9)10)36-42(38)54-28-24-50-20-16-46-2/h33-36H,15-30H2,1-10H3. The van der Waals surface area contributed by atoms with E-state index in [0.29, 0.717) is 151 Å². The number of methoxy groups -OCH3 is 4. The Morgan fingerprint density at radius 3 is 0.776 bits per heavy atom. The molecule has 0 atom stereocenters. The van der Waals surface area contributed by atoms with E-state index in [1.807, 2.05) is 24.3 Å². The maximum atomic E-state index is 6.31. The molecule has 0 radical (unpaired) electrons. The first-order valence-electron chi connectivity index (χ1n) is 19.6. The van der Waals surface area contributed by atoms with Gasteiger partial charge in [-0.15, -0.1) is 11.1 Å². The summed E-state index contributed by atoms with van der Waals surface area (Å²) >= 11 is 0. The van der Waals surface area contributed by atoms with Gasteiger partial charge in [0.15, 0.2) is 0 Å². The minimum atomic E-state index is -1.74. The molecule has 0 N–H and O–H groups in total. The Morgan fingerprint density at radius 1 is 0.328 bits per heavy atom. The predicted octanol–water partition coefficient (Wildman–Crippen LogP) is 5.71. The highest BCUT2D eigenvalue weighted by Crippen LogP contribution is 2.31. The first-order chi connectivity index (χ1) is 27.9. The third-order valence-electron chi connectivity index (χ3n) is 7.31. The van der Waals surface area contributed by atoms with Crippen LogP contribution in [0, 0.1) is 34.8 Å². The van der Waals surface area contributed by atoms with E-state index in [1.165, 1.54) is 0 Å². The van der Waals surface area contributed by atoms with Crippen LogP contribution in [-0.2, 0) is 37.9 Å². The lowest BCUT2D eigenvalue weighted by molar-refractivity contribution is 0.0537. The summed E-state index contributed by atoms with van der Waals surface area (Å²) < 4.78 is 68.3. The summed E-state index contributed by atoms with van der Waals surface area (Å²) in [6.45, 7) is 19.7. The SMILES string of the molecule is COCCOCCOc1cc(C#C[Si](C)(C)C)c(OCCOCCOC)cc1C#Cc1cc(OCCOCCOC)c(C#C[Si](C)(C)C)cc1OCCOCCOC. The van der Waals surface area contributed by atoms with E-state index in [2.05, 4.69) is 74.1 Å². The van der Waals surface area contributed by atoms with Gasteiger partial charge in [-0.3, -0.25) is 0 Å². The third kappa shape index (κ3) is 23.1. The van der Waals surface area contributed by atoms with Gasteiger partial charge in [-0.25, -0.2) is 0 Å². The minimum absolute atomic E-state index is 0.291. The molecule has 0 saturated heterocycles. The average molecular weight is 843 g/mol. The maximum absolute atomic E-state index is 6.31. The van der Waals surface area contributed by atoms with Crippen LogP contribution >= 0.6 is 0 Å². The fourth-order valence-electron chi connectivity index (χ4n) is 4.45. The van der Waals surface area contributed by atoms with Gasteiger partial charge >= 0.3 is 0 Å². The molecule has 12 nitrogen and oxygen atoms in total. The average Bonchev–Trinajstić information content (AvgIpc) is 3.18. The van der Waals surface area contributed by atoms with E-state index in [-0.39, 0.29) is 0 Å². The first-order valence-corrected chi connectivity index (χ1v) is 26.6. The minimum Gasteiger partial charge on any atom is -0.490 e. The molecule has 0 amide bonds. The molecule has 0 aliphatic rings. The molecule has 2 aromatic carbocycles. The largest absolute Gasteiger partial charge is 0.490 e. The zero-order valence-electron chi connectivity index (χ0n) is 36.5. The Labute approximate surface area is 349 Å². The molecule has 0 bridgehead atoms. The van der Waals surface area contributed by atoms with Gasteiger partial charge in [0.05, 0.1) is 102 Å². The lowest BCUT2D eigenvalue weighted by Crippen LogP contribution is -2.16. The van der Waals surface area contributed by atoms with Crippen LogP contribution in [0.25, 0.3) is 0 Å². The summed E-state index contributed by atoms with van der Waals surface area (Å²) in [5, 5.41) is 0. The fraction of sp³-hybridized carbons (Fsp3) is 0.591. The molecule has 0 aliphatic carbocycles. The summed E-state index contributed by atoms with van der Waals surface area (Å²) in [4.78, 5) is 0. The Hall–Kier alpha value is -3.57. The van der Waals surface area contributed by atoms with Crippen molar-refractivity contribution in [2.75, 3.05) is 134 Å². The molecule has 0 aliphatic heterocycles. The van der Waals surface area contributed by atoms with Crippen molar-refractivity contribution >= 4 is 16.1 Å². The van der Waals surface area contributed by atoms with E-state index < -0.39 is 16.1 Å². The monoisotopic (exact) mass is 842 g/mol. The summed E-state index contributed by atoms with van der Waals surface area (Å²) in [6, 6.07) is 7.50. The van der Waals surface area contributed by atoms with Crippen LogP contribution in [0.3, 0.4) is 0 Å². The lowest BCUT2D eigenvalue weighted by atomic mass is 10.1. The zero-order valence-corrected chi connectivity index (χ0v) is 38.5. The molecule has 322 valence electrons. The van der Waals surface area contributed by atoms with E-state index in [9.17, 15) is 0 Å². The van der Waals surface area contributed by atoms with Gasteiger partial charge in [0.25, 0.3) is 0 Å². The van der Waals surface area contributed by atoms with Crippen LogP contribution in [0.15, 0.2) is 24.3 Å². The first kappa shape index (κ1) is 50.6. The predicted molar refractivity (Wildman–Crippen MR) is 232 cm³/mol. The topological polar surface area (TPSA) is 111 Å². The molecule has 0 heterocycles. The van der Waals surface area contributed by atoms with Crippen molar-refractivity contribution < 1.29 is 56.8 Å². The number of rotatable bonds is 28. The van der Waals surface area contributed by atoms with Crippen LogP contribution < -0.4 is 18.9 Å². The molecule has 2 rings (SSSR count). The Kier molecular flexibility index (Phi) is 25.8. The molecular formula is C44H66O12Si2. The summed E-state index contributed by atoms with van der Waals surface area (Å²) in [7, 11) is 3.07. The van der Waals surface area contributed by atoms with Gasteiger partial charge in [0, 0.05) is 52.7 Å². The number of hydrogen-bond donors (Lipinski definition) is 0. The van der Waals surface area contributed by atoms with Crippen molar-refractivity contribution in [3.63, 3.8) is 0 Å². The van der Waals surface area contributed by atoms with Crippen molar-refractivity contribution in [1.29, 1.82) is 0 Å². The van der Waals surface area contributed by atoms with E-state index in [1.54, 1.807) is 28.4 Å². The molecule has 2 aromatic rings. The van der Waals surface area contributed by atoms with Crippen molar-refractivity contribution in [3.05, 3.63) is 46.5 Å². The molecule has 0 fully saturated rings. The van der Waals surface area contributed by atoms with E-state index in [4.69, 9.17) is 56.8 Å². The Bertz CT molecular complexity index is 1530. The molecule has 0 spiro atoms. The van der Waals surface area contributed by atoms with Gasteiger partial charge < -0.3 is 56.8 Å².